The minimum absolute atomic E-state index is 0.0424. The summed E-state index contributed by atoms with van der Waals surface area (Å²) in [5.74, 6) is -1.09. The molecule has 7 heteroatoms. The smallest absolute Gasteiger partial charge is 0.338 e. The lowest BCUT2D eigenvalue weighted by Crippen LogP contribution is -2.25. The number of allylic oxidation sites excluding steroid dienone is 2. The van der Waals surface area contributed by atoms with Crippen molar-refractivity contribution in [2.45, 2.75) is 32.6 Å². The molecule has 1 heterocycles. The molecule has 1 aliphatic carbocycles. The van der Waals surface area contributed by atoms with E-state index in [1.807, 2.05) is 6.07 Å². The van der Waals surface area contributed by atoms with Crippen LogP contribution < -0.4 is 10.5 Å². The molecule has 27 heavy (non-hydrogen) atoms. The van der Waals surface area contributed by atoms with Gasteiger partial charge in [0.1, 0.15) is 23.2 Å². The van der Waals surface area contributed by atoms with E-state index in [0.717, 1.165) is 12.8 Å². The fourth-order valence-electron chi connectivity index (χ4n) is 2.96. The van der Waals surface area contributed by atoms with E-state index < -0.39 is 11.9 Å². The summed E-state index contributed by atoms with van der Waals surface area (Å²) >= 11 is 0. The minimum atomic E-state index is -0.762. The summed E-state index contributed by atoms with van der Waals surface area (Å²) in [5, 5.41) is 9.58. The molecular weight excluding hydrogens is 348 g/mol. The van der Waals surface area contributed by atoms with Gasteiger partial charge in [-0.05, 0) is 44.4 Å². The fourth-order valence-corrected chi connectivity index (χ4v) is 2.96. The second kappa shape index (κ2) is 7.54. The van der Waals surface area contributed by atoms with E-state index in [4.69, 9.17) is 19.9 Å². The van der Waals surface area contributed by atoms with Gasteiger partial charge in [-0.1, -0.05) is 12.1 Å². The molecule has 3 rings (SSSR count). The molecule has 0 saturated heterocycles. The Morgan fingerprint density at radius 2 is 2.11 bits per heavy atom. The number of ether oxygens (including phenoxy) is 3. The molecule has 1 saturated carbocycles. The summed E-state index contributed by atoms with van der Waals surface area (Å²) < 4.78 is 15.9. The van der Waals surface area contributed by atoms with Crippen LogP contribution in [0.15, 0.2) is 47.1 Å². The van der Waals surface area contributed by atoms with Crippen LogP contribution in [0.1, 0.15) is 38.2 Å². The van der Waals surface area contributed by atoms with Crippen molar-refractivity contribution in [3.05, 3.63) is 52.6 Å². The van der Waals surface area contributed by atoms with Crippen molar-refractivity contribution >= 4 is 11.9 Å². The lowest BCUT2D eigenvalue weighted by atomic mass is 9.83. The van der Waals surface area contributed by atoms with Crippen LogP contribution >= 0.6 is 0 Å². The molecule has 0 spiro atoms. The third-order valence-electron chi connectivity index (χ3n) is 4.42. The number of esters is 2. The van der Waals surface area contributed by atoms with Crippen LogP contribution in [-0.4, -0.2) is 18.5 Å². The number of nitrogens with zero attached hydrogens (tertiary/aromatic N) is 1. The zero-order valence-corrected chi connectivity index (χ0v) is 15.2. The molecule has 1 aromatic rings. The third kappa shape index (κ3) is 3.80. The van der Waals surface area contributed by atoms with Gasteiger partial charge in [0.15, 0.2) is 0 Å². The second-order valence-electron chi connectivity index (χ2n) is 6.38. The first-order valence-electron chi connectivity index (χ1n) is 8.73. The molecule has 0 aromatic heterocycles. The number of nitriles is 1. The predicted molar refractivity (Wildman–Crippen MR) is 94.8 cm³/mol. The van der Waals surface area contributed by atoms with E-state index in [0.29, 0.717) is 11.3 Å². The van der Waals surface area contributed by atoms with Gasteiger partial charge in [0.05, 0.1) is 24.0 Å². The van der Waals surface area contributed by atoms with Gasteiger partial charge in [0.2, 0.25) is 5.88 Å². The van der Waals surface area contributed by atoms with E-state index in [1.165, 1.54) is 0 Å². The van der Waals surface area contributed by atoms with Crippen LogP contribution in [0.2, 0.25) is 0 Å². The third-order valence-corrected chi connectivity index (χ3v) is 4.42. The molecular formula is C20H20N2O5. The monoisotopic (exact) mass is 368 g/mol. The van der Waals surface area contributed by atoms with Gasteiger partial charge in [0.25, 0.3) is 0 Å². The second-order valence-corrected chi connectivity index (χ2v) is 6.38. The van der Waals surface area contributed by atoms with E-state index >= 15 is 0 Å². The largest absolute Gasteiger partial charge is 0.463 e. The maximum atomic E-state index is 12.5. The number of hydrogen-bond donors (Lipinski definition) is 1. The molecule has 1 atom stereocenters. The Morgan fingerprint density at radius 3 is 2.74 bits per heavy atom. The standard InChI is InChI=1S/C20H20N2O5/c1-3-25-20(24)16-11(2)26-18(22)15(10-21)17(16)13-5-4-6-14(9-13)27-19(23)12-7-8-12/h4-6,9,12,17H,3,7-8,22H2,1-2H3. The highest BCUT2D eigenvalue weighted by atomic mass is 16.5. The van der Waals surface area contributed by atoms with Gasteiger partial charge in [-0.3, -0.25) is 4.79 Å². The number of carbonyl (C=O) groups is 2. The number of rotatable bonds is 5. The topological polar surface area (TPSA) is 112 Å². The van der Waals surface area contributed by atoms with Gasteiger partial charge >= 0.3 is 11.9 Å². The molecule has 1 unspecified atom stereocenters. The molecule has 0 bridgehead atoms. The van der Waals surface area contributed by atoms with Crippen molar-refractivity contribution in [1.29, 1.82) is 5.26 Å². The zero-order valence-electron chi connectivity index (χ0n) is 15.2. The van der Waals surface area contributed by atoms with Crippen molar-refractivity contribution in [1.82, 2.24) is 0 Å². The molecule has 0 amide bonds. The summed E-state index contributed by atoms with van der Waals surface area (Å²) in [6.45, 7) is 3.47. The summed E-state index contributed by atoms with van der Waals surface area (Å²) in [5.41, 5.74) is 6.77. The molecule has 1 fully saturated rings. The molecule has 7 nitrogen and oxygen atoms in total. The lowest BCUT2D eigenvalue weighted by molar-refractivity contribution is -0.139. The van der Waals surface area contributed by atoms with Crippen molar-refractivity contribution in [2.24, 2.45) is 11.7 Å². The van der Waals surface area contributed by atoms with Gasteiger partial charge < -0.3 is 19.9 Å². The summed E-state index contributed by atoms with van der Waals surface area (Å²) in [7, 11) is 0. The SMILES string of the molecule is CCOC(=O)C1=C(C)OC(N)=C(C#N)C1c1cccc(OC(=O)C2CC2)c1. The summed E-state index contributed by atoms with van der Waals surface area (Å²) in [4.78, 5) is 24.4. The number of carbonyl (C=O) groups excluding carboxylic acids is 2. The van der Waals surface area contributed by atoms with Crippen LogP contribution in [0.3, 0.4) is 0 Å². The van der Waals surface area contributed by atoms with Gasteiger partial charge in [-0.2, -0.15) is 5.26 Å². The van der Waals surface area contributed by atoms with Gasteiger partial charge in [0, 0.05) is 0 Å². The molecule has 140 valence electrons. The predicted octanol–water partition coefficient (Wildman–Crippen LogP) is 2.65. The highest BCUT2D eigenvalue weighted by molar-refractivity contribution is 5.92. The Bertz CT molecular complexity index is 890. The molecule has 2 N–H and O–H groups in total. The minimum Gasteiger partial charge on any atom is -0.463 e. The van der Waals surface area contributed by atoms with Crippen LogP contribution in [0, 0.1) is 17.2 Å². The highest BCUT2D eigenvalue weighted by Gasteiger charge is 2.37. The Labute approximate surface area is 157 Å². The van der Waals surface area contributed by atoms with Crippen LogP contribution in [-0.2, 0) is 19.1 Å². The van der Waals surface area contributed by atoms with Gasteiger partial charge in [-0.15, -0.1) is 0 Å². The van der Waals surface area contributed by atoms with E-state index in [2.05, 4.69) is 0 Å². The van der Waals surface area contributed by atoms with Crippen LogP contribution in [0.5, 0.6) is 5.75 Å². The van der Waals surface area contributed by atoms with Crippen molar-refractivity contribution in [3.63, 3.8) is 0 Å². The first-order chi connectivity index (χ1) is 13.0. The first-order valence-corrected chi connectivity index (χ1v) is 8.73. The zero-order chi connectivity index (χ0) is 19.6. The Hall–Kier alpha value is -3.27. The number of benzene rings is 1. The van der Waals surface area contributed by atoms with Crippen molar-refractivity contribution in [3.8, 4) is 11.8 Å². The Kier molecular flexibility index (Phi) is 5.17. The van der Waals surface area contributed by atoms with E-state index in [-0.39, 0.29) is 41.3 Å². The first kappa shape index (κ1) is 18.5. The number of nitrogens with two attached hydrogens (primary N) is 1. The van der Waals surface area contributed by atoms with Crippen molar-refractivity contribution in [2.75, 3.05) is 6.61 Å². The molecule has 0 radical (unpaired) electrons. The highest BCUT2D eigenvalue weighted by Crippen LogP contribution is 2.40. The quantitative estimate of drug-likeness (QED) is 0.628. The van der Waals surface area contributed by atoms with Crippen LogP contribution in [0.25, 0.3) is 0 Å². The van der Waals surface area contributed by atoms with E-state index in [9.17, 15) is 14.9 Å². The van der Waals surface area contributed by atoms with E-state index in [1.54, 1.807) is 38.1 Å². The van der Waals surface area contributed by atoms with Gasteiger partial charge in [-0.25, -0.2) is 4.79 Å². The maximum Gasteiger partial charge on any atom is 0.338 e. The summed E-state index contributed by atoms with van der Waals surface area (Å²) in [6, 6.07) is 8.74. The Balaban J connectivity index is 2.01. The number of hydrogen-bond acceptors (Lipinski definition) is 7. The average Bonchev–Trinajstić information content (AvgIpc) is 3.46. The Morgan fingerprint density at radius 1 is 1.37 bits per heavy atom. The molecule has 1 aliphatic heterocycles. The lowest BCUT2D eigenvalue weighted by Gasteiger charge is -2.27. The summed E-state index contributed by atoms with van der Waals surface area (Å²) in [6.07, 6.45) is 1.68. The molecule has 2 aliphatic rings. The fraction of sp³-hybridized carbons (Fsp3) is 0.350. The van der Waals surface area contributed by atoms with Crippen LogP contribution in [0.4, 0.5) is 0 Å². The average molecular weight is 368 g/mol. The normalized spacial score (nSPS) is 19.2. The maximum absolute atomic E-state index is 12.5. The molecule has 1 aromatic carbocycles. The van der Waals surface area contributed by atoms with Crippen molar-refractivity contribution < 1.29 is 23.8 Å².